The minimum atomic E-state index is -6.38. The molecule has 1 N–H and O–H groups in total. The predicted octanol–water partition coefficient (Wildman–Crippen LogP) is 4.21. The molecule has 0 unspecified atom stereocenters. The number of rotatable bonds is 6. The van der Waals surface area contributed by atoms with Gasteiger partial charge in [0.05, 0.1) is 5.41 Å². The molecule has 0 radical (unpaired) electrons. The van der Waals surface area contributed by atoms with Crippen molar-refractivity contribution < 1.29 is 45.0 Å². The van der Waals surface area contributed by atoms with Crippen LogP contribution in [0.25, 0.3) is 0 Å². The molecule has 0 rings (SSSR count). The Hall–Kier alpha value is -1.35. The highest BCUT2D eigenvalue weighted by Gasteiger charge is 2.78. The van der Waals surface area contributed by atoms with Gasteiger partial charge in [-0.2, -0.15) is 26.3 Å². The lowest BCUT2D eigenvalue weighted by atomic mass is 9.78. The van der Waals surface area contributed by atoms with Gasteiger partial charge < -0.3 is 5.11 Å². The monoisotopic (exact) mass is 328 g/mol. The van der Waals surface area contributed by atoms with Crippen LogP contribution in [0.2, 0.25) is 0 Å². The highest BCUT2D eigenvalue weighted by molar-refractivity contribution is 5.85. The van der Waals surface area contributed by atoms with Crippen molar-refractivity contribution >= 4 is 5.97 Å². The Morgan fingerprint density at radius 1 is 1.00 bits per heavy atom. The van der Waals surface area contributed by atoms with E-state index >= 15 is 0 Å². The van der Waals surface area contributed by atoms with Crippen LogP contribution in [0.15, 0.2) is 11.6 Å². The number of allylic oxidation sites excluding steroid dienone is 1. The van der Waals surface area contributed by atoms with Gasteiger partial charge >= 0.3 is 30.2 Å². The van der Waals surface area contributed by atoms with Crippen LogP contribution < -0.4 is 0 Å². The first-order valence-electron chi connectivity index (χ1n) is 5.36. The number of carboxylic acid groups (broad SMARTS) is 1. The zero-order valence-corrected chi connectivity index (χ0v) is 11.0. The van der Waals surface area contributed by atoms with Crippen molar-refractivity contribution in [3.63, 3.8) is 0 Å². The van der Waals surface area contributed by atoms with Crippen molar-refractivity contribution in [3.8, 4) is 0 Å². The SMILES string of the molecule is CC(=CC(C)(C)C(F)(F)C(F)(F)C(F)(F)C(F)F)C(=O)O. The van der Waals surface area contributed by atoms with Gasteiger partial charge in [0.25, 0.3) is 0 Å². The first-order valence-corrected chi connectivity index (χ1v) is 5.36. The number of hydrogen-bond donors (Lipinski definition) is 1. The van der Waals surface area contributed by atoms with Crippen molar-refractivity contribution in [1.29, 1.82) is 0 Å². The van der Waals surface area contributed by atoms with Gasteiger partial charge in [-0.1, -0.05) is 19.9 Å². The van der Waals surface area contributed by atoms with Gasteiger partial charge in [-0.3, -0.25) is 0 Å². The van der Waals surface area contributed by atoms with Gasteiger partial charge in [0, 0.05) is 5.57 Å². The third-order valence-electron chi connectivity index (χ3n) is 2.81. The van der Waals surface area contributed by atoms with E-state index in [0.29, 0.717) is 13.8 Å². The molecule has 0 fully saturated rings. The third-order valence-corrected chi connectivity index (χ3v) is 2.81. The van der Waals surface area contributed by atoms with Gasteiger partial charge in [-0.05, 0) is 6.92 Å². The highest BCUT2D eigenvalue weighted by Crippen LogP contribution is 2.55. The quantitative estimate of drug-likeness (QED) is 0.586. The van der Waals surface area contributed by atoms with Gasteiger partial charge in [0.2, 0.25) is 0 Å². The summed E-state index contributed by atoms with van der Waals surface area (Å²) < 4.78 is 103. The van der Waals surface area contributed by atoms with Gasteiger partial charge in [0.1, 0.15) is 0 Å². The largest absolute Gasteiger partial charge is 0.478 e. The average Bonchev–Trinajstić information content (AvgIpc) is 2.26. The van der Waals surface area contributed by atoms with Crippen LogP contribution in [-0.2, 0) is 4.79 Å². The molecule has 0 heterocycles. The number of aliphatic carboxylic acids is 1. The molecular formula is C11H12F8O2. The molecule has 0 aliphatic rings. The van der Waals surface area contributed by atoms with Crippen LogP contribution in [0.4, 0.5) is 35.1 Å². The second kappa shape index (κ2) is 5.45. The van der Waals surface area contributed by atoms with Crippen molar-refractivity contribution in [3.05, 3.63) is 11.6 Å². The Morgan fingerprint density at radius 3 is 1.67 bits per heavy atom. The Balaban J connectivity index is 5.96. The number of carboxylic acids is 1. The molecule has 0 aromatic carbocycles. The van der Waals surface area contributed by atoms with Crippen LogP contribution in [0.1, 0.15) is 20.8 Å². The first-order chi connectivity index (χ1) is 9.02. The summed E-state index contributed by atoms with van der Waals surface area (Å²) in [5, 5.41) is 8.49. The maximum Gasteiger partial charge on any atom is 0.378 e. The van der Waals surface area contributed by atoms with Gasteiger partial charge in [-0.25, -0.2) is 13.6 Å². The van der Waals surface area contributed by atoms with E-state index in [9.17, 15) is 39.9 Å². The fraction of sp³-hybridized carbons (Fsp3) is 0.727. The number of alkyl halides is 8. The Morgan fingerprint density at radius 2 is 1.38 bits per heavy atom. The summed E-state index contributed by atoms with van der Waals surface area (Å²) in [6.07, 6.45) is -4.90. The summed E-state index contributed by atoms with van der Waals surface area (Å²) in [7, 11) is 0. The topological polar surface area (TPSA) is 37.3 Å². The Kier molecular flexibility index (Phi) is 5.10. The van der Waals surface area contributed by atoms with Crippen LogP contribution in [0, 0.1) is 5.41 Å². The summed E-state index contributed by atoms with van der Waals surface area (Å²) in [5.74, 6) is -20.0. The standard InChI is InChI=1S/C11H12F8O2/c1-5(6(20)21)4-8(2,3)10(16,17)11(18,19)9(14,15)7(12)13/h4,7H,1-3H3,(H,20,21). The molecule has 10 heteroatoms. The highest BCUT2D eigenvalue weighted by atomic mass is 19.4. The van der Waals surface area contributed by atoms with E-state index in [0.717, 1.165) is 6.92 Å². The molecule has 0 aliphatic heterocycles. The molecule has 0 aromatic heterocycles. The number of hydrogen-bond acceptors (Lipinski definition) is 1. The number of halogens is 8. The summed E-state index contributed by atoms with van der Waals surface area (Å²) >= 11 is 0. The molecule has 0 amide bonds. The second-order valence-corrected chi connectivity index (χ2v) is 4.93. The van der Waals surface area contributed by atoms with Crippen molar-refractivity contribution in [2.24, 2.45) is 5.41 Å². The van der Waals surface area contributed by atoms with E-state index in [2.05, 4.69) is 0 Å². The van der Waals surface area contributed by atoms with E-state index in [1.165, 1.54) is 0 Å². The molecule has 21 heavy (non-hydrogen) atoms. The van der Waals surface area contributed by atoms with Crippen molar-refractivity contribution in [1.82, 2.24) is 0 Å². The number of carbonyl (C=O) groups is 1. The minimum absolute atomic E-state index is 0.116. The summed E-state index contributed by atoms with van der Waals surface area (Å²) in [5.41, 5.74) is -3.94. The fourth-order valence-corrected chi connectivity index (χ4v) is 1.44. The first kappa shape index (κ1) is 19.7. The fourth-order valence-electron chi connectivity index (χ4n) is 1.44. The Bertz CT molecular complexity index is 440. The zero-order valence-electron chi connectivity index (χ0n) is 11.0. The normalized spacial score (nSPS) is 15.5. The summed E-state index contributed by atoms with van der Waals surface area (Å²) in [4.78, 5) is 10.5. The molecule has 0 aromatic rings. The van der Waals surface area contributed by atoms with Crippen LogP contribution in [0.3, 0.4) is 0 Å². The van der Waals surface area contributed by atoms with E-state index in [1.807, 2.05) is 0 Å². The van der Waals surface area contributed by atoms with E-state index in [4.69, 9.17) is 5.11 Å². The zero-order chi connectivity index (χ0) is 17.4. The molecule has 0 bridgehead atoms. The smallest absolute Gasteiger partial charge is 0.378 e. The predicted molar refractivity (Wildman–Crippen MR) is 56.0 cm³/mol. The van der Waals surface area contributed by atoms with Gasteiger partial charge in [0.15, 0.2) is 0 Å². The molecule has 0 atom stereocenters. The van der Waals surface area contributed by atoms with E-state index < -0.39 is 41.2 Å². The lowest BCUT2D eigenvalue weighted by Crippen LogP contribution is -2.62. The van der Waals surface area contributed by atoms with Crippen LogP contribution in [-0.4, -0.2) is 35.3 Å². The average molecular weight is 328 g/mol. The molecule has 2 nitrogen and oxygen atoms in total. The lowest BCUT2D eigenvalue weighted by molar-refractivity contribution is -0.356. The summed E-state index contributed by atoms with van der Waals surface area (Å²) in [6, 6.07) is 0. The van der Waals surface area contributed by atoms with Crippen molar-refractivity contribution in [2.45, 2.75) is 45.0 Å². The van der Waals surface area contributed by atoms with Crippen LogP contribution in [0.5, 0.6) is 0 Å². The molecule has 0 saturated carbocycles. The molecule has 124 valence electrons. The lowest BCUT2D eigenvalue weighted by Gasteiger charge is -2.40. The van der Waals surface area contributed by atoms with Crippen molar-refractivity contribution in [2.75, 3.05) is 0 Å². The van der Waals surface area contributed by atoms with Crippen LogP contribution >= 0.6 is 0 Å². The van der Waals surface area contributed by atoms with E-state index in [1.54, 1.807) is 0 Å². The molecular weight excluding hydrogens is 316 g/mol. The van der Waals surface area contributed by atoms with E-state index in [-0.39, 0.29) is 6.08 Å². The maximum absolute atomic E-state index is 13.7. The third kappa shape index (κ3) is 3.13. The Labute approximate surface area is 114 Å². The minimum Gasteiger partial charge on any atom is -0.478 e. The maximum atomic E-state index is 13.7. The molecule has 0 spiro atoms. The molecule has 0 saturated heterocycles. The second-order valence-electron chi connectivity index (χ2n) is 4.93. The van der Waals surface area contributed by atoms with Gasteiger partial charge in [-0.15, -0.1) is 0 Å². The summed E-state index contributed by atoms with van der Waals surface area (Å²) in [6.45, 7) is 1.45. The molecule has 0 aliphatic carbocycles.